The maximum Gasteiger partial charge on any atom is 0.414 e. The standard InChI is InChI=1S/C16H19Cl3N2O6S/c17-16(18,19)11-26-28(23,24)20-13-15(8-4-5-9-25-15)27-14(22)21(13)10-12-6-2-1-3-7-12/h1-3,6-7,13,20H,4-5,8-11H2/t13-,15-/m0/s1. The number of rotatable bonds is 6. The fourth-order valence-electron chi connectivity index (χ4n) is 3.10. The number of halogens is 3. The van der Waals surface area contributed by atoms with Gasteiger partial charge in [0.15, 0.2) is 6.17 Å². The van der Waals surface area contributed by atoms with Crippen molar-refractivity contribution in [3.8, 4) is 0 Å². The molecule has 156 valence electrons. The van der Waals surface area contributed by atoms with Crippen LogP contribution in [0.15, 0.2) is 30.3 Å². The summed E-state index contributed by atoms with van der Waals surface area (Å²) in [5.74, 6) is -1.44. The summed E-state index contributed by atoms with van der Waals surface area (Å²) < 4.78 is 41.2. The van der Waals surface area contributed by atoms with E-state index in [2.05, 4.69) is 4.72 Å². The lowest BCUT2D eigenvalue weighted by Gasteiger charge is -2.37. The topological polar surface area (TPSA) is 94.2 Å². The van der Waals surface area contributed by atoms with E-state index in [0.29, 0.717) is 19.4 Å². The summed E-state index contributed by atoms with van der Waals surface area (Å²) in [6.45, 7) is -0.247. The third-order valence-electron chi connectivity index (χ3n) is 4.32. The number of nitrogens with zero attached hydrogens (tertiary/aromatic N) is 1. The summed E-state index contributed by atoms with van der Waals surface area (Å²) in [6, 6.07) is 9.08. The maximum atomic E-state index is 12.6. The Bertz CT molecular complexity index is 796. The summed E-state index contributed by atoms with van der Waals surface area (Å²) in [6.07, 6.45) is -0.0107. The smallest absolute Gasteiger partial charge is 0.413 e. The molecule has 0 unspecified atom stereocenters. The number of ether oxygens (including phenoxy) is 2. The summed E-state index contributed by atoms with van der Waals surface area (Å²) >= 11 is 16.7. The van der Waals surface area contributed by atoms with Gasteiger partial charge in [-0.05, 0) is 18.4 Å². The minimum Gasteiger partial charge on any atom is -0.413 e. The van der Waals surface area contributed by atoms with Crippen LogP contribution in [0.25, 0.3) is 0 Å². The zero-order chi connectivity index (χ0) is 20.4. The summed E-state index contributed by atoms with van der Waals surface area (Å²) in [5, 5.41) is 0. The van der Waals surface area contributed by atoms with Crippen molar-refractivity contribution in [2.75, 3.05) is 13.2 Å². The highest BCUT2D eigenvalue weighted by molar-refractivity contribution is 7.84. The summed E-state index contributed by atoms with van der Waals surface area (Å²) in [7, 11) is -4.38. The molecule has 2 aliphatic rings. The van der Waals surface area contributed by atoms with Crippen molar-refractivity contribution in [1.82, 2.24) is 9.62 Å². The minimum absolute atomic E-state index is 0.114. The fourth-order valence-corrected chi connectivity index (χ4v) is 4.43. The quantitative estimate of drug-likeness (QED) is 0.638. The number of hydrogen-bond acceptors (Lipinski definition) is 6. The molecular formula is C16H19Cl3N2O6S. The van der Waals surface area contributed by atoms with Crippen LogP contribution in [0.3, 0.4) is 0 Å². The van der Waals surface area contributed by atoms with E-state index < -0.39 is 38.7 Å². The van der Waals surface area contributed by atoms with E-state index in [-0.39, 0.29) is 6.54 Å². The highest BCUT2D eigenvalue weighted by Gasteiger charge is 2.57. The molecule has 0 aromatic heterocycles. The minimum atomic E-state index is -4.38. The first-order valence-electron chi connectivity index (χ1n) is 8.51. The molecule has 0 bridgehead atoms. The zero-order valence-corrected chi connectivity index (χ0v) is 17.7. The van der Waals surface area contributed by atoms with Crippen molar-refractivity contribution in [3.05, 3.63) is 35.9 Å². The van der Waals surface area contributed by atoms with Gasteiger partial charge in [0, 0.05) is 6.42 Å². The number of alkyl halides is 3. The van der Waals surface area contributed by atoms with Crippen LogP contribution in [0.4, 0.5) is 4.79 Å². The number of carbonyl (C=O) groups excluding carboxylic acids is 1. The molecule has 8 nitrogen and oxygen atoms in total. The monoisotopic (exact) mass is 472 g/mol. The maximum absolute atomic E-state index is 12.6. The van der Waals surface area contributed by atoms with Crippen molar-refractivity contribution in [3.63, 3.8) is 0 Å². The number of hydrogen-bond donors (Lipinski definition) is 1. The SMILES string of the molecule is O=C1O[C@@]2(CCCCO2)[C@@H](NS(=O)(=O)OCC(Cl)(Cl)Cl)N1Cc1ccccc1. The van der Waals surface area contributed by atoms with Crippen LogP contribution in [0, 0.1) is 0 Å². The van der Waals surface area contributed by atoms with Gasteiger partial charge in [0.2, 0.25) is 3.79 Å². The van der Waals surface area contributed by atoms with Crippen LogP contribution in [-0.4, -0.2) is 48.4 Å². The number of amides is 1. The average molecular weight is 474 g/mol. The van der Waals surface area contributed by atoms with Crippen molar-refractivity contribution in [2.45, 2.75) is 41.6 Å². The van der Waals surface area contributed by atoms with Gasteiger partial charge in [-0.2, -0.15) is 13.1 Å². The average Bonchev–Trinajstić information content (AvgIpc) is 2.86. The first-order chi connectivity index (χ1) is 13.1. The van der Waals surface area contributed by atoms with Gasteiger partial charge in [0.1, 0.15) is 6.61 Å². The lowest BCUT2D eigenvalue weighted by Crippen LogP contribution is -2.58. The van der Waals surface area contributed by atoms with Crippen LogP contribution in [0.1, 0.15) is 24.8 Å². The van der Waals surface area contributed by atoms with Gasteiger partial charge in [-0.25, -0.2) is 4.79 Å². The molecule has 2 aliphatic heterocycles. The van der Waals surface area contributed by atoms with Crippen LogP contribution in [0.2, 0.25) is 0 Å². The van der Waals surface area contributed by atoms with Crippen molar-refractivity contribution in [2.24, 2.45) is 0 Å². The number of benzene rings is 1. The molecular weight excluding hydrogens is 455 g/mol. The third kappa shape index (κ3) is 5.41. The molecule has 2 atom stereocenters. The Kier molecular flexibility index (Phi) is 6.65. The molecule has 0 aliphatic carbocycles. The molecule has 2 saturated heterocycles. The fraction of sp³-hybridized carbons (Fsp3) is 0.562. The van der Waals surface area contributed by atoms with Gasteiger partial charge in [0.05, 0.1) is 13.2 Å². The van der Waals surface area contributed by atoms with Crippen LogP contribution >= 0.6 is 34.8 Å². The normalized spacial score (nSPS) is 25.9. The van der Waals surface area contributed by atoms with E-state index in [1.165, 1.54) is 4.90 Å². The van der Waals surface area contributed by atoms with Crippen LogP contribution < -0.4 is 4.72 Å². The Hall–Kier alpha value is -0.810. The zero-order valence-electron chi connectivity index (χ0n) is 14.6. The van der Waals surface area contributed by atoms with Crippen molar-refractivity contribution in [1.29, 1.82) is 0 Å². The van der Waals surface area contributed by atoms with E-state index in [0.717, 1.165) is 12.0 Å². The van der Waals surface area contributed by atoms with Gasteiger partial charge < -0.3 is 9.47 Å². The molecule has 1 amide bonds. The molecule has 0 radical (unpaired) electrons. The first kappa shape index (κ1) is 21.9. The van der Waals surface area contributed by atoms with Gasteiger partial charge in [-0.15, -0.1) is 0 Å². The van der Waals surface area contributed by atoms with E-state index in [4.69, 9.17) is 48.5 Å². The van der Waals surface area contributed by atoms with E-state index in [9.17, 15) is 13.2 Å². The highest BCUT2D eigenvalue weighted by atomic mass is 35.6. The Balaban J connectivity index is 1.85. The first-order valence-corrected chi connectivity index (χ1v) is 11.1. The molecule has 3 rings (SSSR count). The second kappa shape index (κ2) is 8.51. The lowest BCUT2D eigenvalue weighted by atomic mass is 10.0. The Labute approximate surface area is 178 Å². The lowest BCUT2D eigenvalue weighted by molar-refractivity contribution is -0.221. The molecule has 2 heterocycles. The van der Waals surface area contributed by atoms with Crippen LogP contribution in [0.5, 0.6) is 0 Å². The second-order valence-electron chi connectivity index (χ2n) is 6.45. The largest absolute Gasteiger partial charge is 0.414 e. The highest BCUT2D eigenvalue weighted by Crippen LogP contribution is 2.38. The van der Waals surface area contributed by atoms with E-state index in [1.54, 1.807) is 0 Å². The van der Waals surface area contributed by atoms with E-state index >= 15 is 0 Å². The van der Waals surface area contributed by atoms with E-state index in [1.807, 2.05) is 30.3 Å². The summed E-state index contributed by atoms with van der Waals surface area (Å²) in [4.78, 5) is 13.8. The molecule has 12 heteroatoms. The predicted molar refractivity (Wildman–Crippen MR) is 103 cm³/mol. The molecule has 1 aromatic rings. The molecule has 1 spiro atoms. The predicted octanol–water partition coefficient (Wildman–Crippen LogP) is 3.08. The molecule has 2 fully saturated rings. The molecule has 1 aromatic carbocycles. The number of carbonyl (C=O) groups is 1. The molecule has 1 N–H and O–H groups in total. The van der Waals surface area contributed by atoms with Crippen molar-refractivity contribution >= 4 is 51.2 Å². The Morgan fingerprint density at radius 2 is 1.96 bits per heavy atom. The molecule has 0 saturated carbocycles. The van der Waals surface area contributed by atoms with Gasteiger partial charge in [0.25, 0.3) is 5.79 Å². The second-order valence-corrected chi connectivity index (χ2v) is 10.3. The number of nitrogens with one attached hydrogen (secondary N) is 1. The van der Waals surface area contributed by atoms with Crippen molar-refractivity contribution < 1.29 is 26.9 Å². The molecule has 28 heavy (non-hydrogen) atoms. The van der Waals surface area contributed by atoms with Gasteiger partial charge in [-0.3, -0.25) is 9.08 Å². The summed E-state index contributed by atoms with van der Waals surface area (Å²) in [5.41, 5.74) is 0.790. The Morgan fingerprint density at radius 3 is 2.57 bits per heavy atom. The Morgan fingerprint density at radius 1 is 1.25 bits per heavy atom. The van der Waals surface area contributed by atoms with Crippen LogP contribution in [-0.2, 0) is 30.5 Å². The third-order valence-corrected chi connectivity index (χ3v) is 5.59. The van der Waals surface area contributed by atoms with Gasteiger partial charge in [-0.1, -0.05) is 65.1 Å². The van der Waals surface area contributed by atoms with Gasteiger partial charge >= 0.3 is 16.4 Å².